The average Bonchev–Trinajstić information content (AvgIpc) is 3.14. The van der Waals surface area contributed by atoms with Crippen molar-refractivity contribution in [2.75, 3.05) is 26.2 Å². The third-order valence-electron chi connectivity index (χ3n) is 5.38. The Balaban J connectivity index is 1.63. The van der Waals surface area contributed by atoms with E-state index in [9.17, 15) is 19.5 Å². The van der Waals surface area contributed by atoms with E-state index >= 15 is 0 Å². The zero-order valence-corrected chi connectivity index (χ0v) is 18.3. The molecule has 2 aromatic rings. The van der Waals surface area contributed by atoms with Gasteiger partial charge in [-0.1, -0.05) is 25.1 Å². The van der Waals surface area contributed by atoms with Crippen LogP contribution in [0.4, 0.5) is 9.59 Å². The topological polar surface area (TPSA) is 115 Å². The Hall–Kier alpha value is -3.23. The first-order valence-corrected chi connectivity index (χ1v) is 10.4. The number of hydrogen-bond donors (Lipinski definition) is 3. The number of fused-ring (bicyclic) bond motifs is 1. The molecule has 1 aliphatic rings. The molecule has 3 rings (SSSR count). The maximum atomic E-state index is 12.8. The van der Waals surface area contributed by atoms with Crippen LogP contribution in [-0.4, -0.2) is 75.8 Å². The summed E-state index contributed by atoms with van der Waals surface area (Å²) in [5, 5.41) is 13.4. The fraction of sp³-hybridized carbons (Fsp3) is 0.500. The van der Waals surface area contributed by atoms with Crippen molar-refractivity contribution < 1.29 is 24.2 Å². The highest BCUT2D eigenvalue weighted by molar-refractivity contribution is 5.87. The molecule has 31 heavy (non-hydrogen) atoms. The SMILES string of the molecule is C[C@@H](c1c[nH]c2ccccc12)[C@@H](NC(=O)N1CCN(C(=O)OC(C)(C)C)CC1)C(=O)O. The molecule has 168 valence electrons. The summed E-state index contributed by atoms with van der Waals surface area (Å²) in [5.41, 5.74) is 1.16. The summed E-state index contributed by atoms with van der Waals surface area (Å²) >= 11 is 0. The lowest BCUT2D eigenvalue weighted by Gasteiger charge is -2.36. The molecule has 9 nitrogen and oxygen atoms in total. The molecule has 1 aromatic carbocycles. The number of carbonyl (C=O) groups excluding carboxylic acids is 2. The van der Waals surface area contributed by atoms with E-state index in [4.69, 9.17) is 4.74 Å². The minimum atomic E-state index is -1.10. The monoisotopic (exact) mass is 430 g/mol. The van der Waals surface area contributed by atoms with Crippen LogP contribution in [0.1, 0.15) is 39.2 Å². The summed E-state index contributed by atoms with van der Waals surface area (Å²) in [6.07, 6.45) is 1.38. The Morgan fingerprint density at radius 2 is 1.71 bits per heavy atom. The van der Waals surface area contributed by atoms with Crippen molar-refractivity contribution in [1.82, 2.24) is 20.1 Å². The van der Waals surface area contributed by atoms with Crippen LogP contribution in [0.25, 0.3) is 10.9 Å². The number of piperazine rings is 1. The molecule has 0 radical (unpaired) electrons. The summed E-state index contributed by atoms with van der Waals surface area (Å²) in [4.78, 5) is 43.1. The minimum absolute atomic E-state index is 0.304. The van der Waals surface area contributed by atoms with Crippen molar-refractivity contribution in [2.24, 2.45) is 0 Å². The predicted octanol–water partition coefficient (Wildman–Crippen LogP) is 2.99. The van der Waals surface area contributed by atoms with E-state index < -0.39 is 35.7 Å². The van der Waals surface area contributed by atoms with Gasteiger partial charge in [0.2, 0.25) is 0 Å². The summed E-state index contributed by atoms with van der Waals surface area (Å²) in [6, 6.07) is 6.10. The molecule has 1 fully saturated rings. The number of urea groups is 1. The lowest BCUT2D eigenvalue weighted by molar-refractivity contribution is -0.139. The largest absolute Gasteiger partial charge is 0.480 e. The van der Waals surface area contributed by atoms with Crippen LogP contribution in [0.15, 0.2) is 30.5 Å². The van der Waals surface area contributed by atoms with Gasteiger partial charge < -0.3 is 29.9 Å². The van der Waals surface area contributed by atoms with Crippen LogP contribution in [0.2, 0.25) is 0 Å². The van der Waals surface area contributed by atoms with E-state index in [1.54, 1.807) is 38.8 Å². The number of hydrogen-bond acceptors (Lipinski definition) is 4. The van der Waals surface area contributed by atoms with Gasteiger partial charge in [0.25, 0.3) is 0 Å². The zero-order chi connectivity index (χ0) is 22.8. The molecule has 0 bridgehead atoms. The molecule has 9 heteroatoms. The second-order valence-electron chi connectivity index (χ2n) is 8.80. The number of nitrogens with one attached hydrogen (secondary N) is 2. The third kappa shape index (κ3) is 5.28. The quantitative estimate of drug-likeness (QED) is 0.690. The van der Waals surface area contributed by atoms with E-state index in [2.05, 4.69) is 10.3 Å². The zero-order valence-electron chi connectivity index (χ0n) is 18.3. The molecule has 0 saturated carbocycles. The molecule has 2 atom stereocenters. The predicted molar refractivity (Wildman–Crippen MR) is 116 cm³/mol. The van der Waals surface area contributed by atoms with Crippen LogP contribution < -0.4 is 5.32 Å². The highest BCUT2D eigenvalue weighted by Crippen LogP contribution is 2.28. The molecule has 3 N–H and O–H groups in total. The van der Waals surface area contributed by atoms with Crippen molar-refractivity contribution >= 4 is 29.0 Å². The van der Waals surface area contributed by atoms with Crippen molar-refractivity contribution in [3.8, 4) is 0 Å². The highest BCUT2D eigenvalue weighted by Gasteiger charge is 2.33. The molecule has 1 saturated heterocycles. The molecule has 0 aliphatic carbocycles. The second kappa shape index (κ2) is 8.87. The van der Waals surface area contributed by atoms with Gasteiger partial charge in [0, 0.05) is 49.2 Å². The first kappa shape index (κ1) is 22.5. The fourth-order valence-corrected chi connectivity index (χ4v) is 3.69. The van der Waals surface area contributed by atoms with E-state index in [0.717, 1.165) is 16.5 Å². The summed E-state index contributed by atoms with van der Waals surface area (Å²) in [7, 11) is 0. The van der Waals surface area contributed by atoms with Crippen molar-refractivity contribution in [3.63, 3.8) is 0 Å². The van der Waals surface area contributed by atoms with Gasteiger partial charge in [0.15, 0.2) is 0 Å². The number of H-pyrrole nitrogens is 1. The van der Waals surface area contributed by atoms with Crippen LogP contribution in [0.5, 0.6) is 0 Å². The molecule has 2 heterocycles. The van der Waals surface area contributed by atoms with Crippen molar-refractivity contribution in [1.29, 1.82) is 0 Å². The number of aromatic amines is 1. The maximum absolute atomic E-state index is 12.8. The van der Waals surface area contributed by atoms with Gasteiger partial charge in [-0.3, -0.25) is 0 Å². The lowest BCUT2D eigenvalue weighted by atomic mass is 9.93. The van der Waals surface area contributed by atoms with Crippen LogP contribution >= 0.6 is 0 Å². The first-order chi connectivity index (χ1) is 14.6. The van der Waals surface area contributed by atoms with E-state index in [0.29, 0.717) is 26.2 Å². The van der Waals surface area contributed by atoms with Gasteiger partial charge >= 0.3 is 18.1 Å². The number of aromatic nitrogens is 1. The molecular formula is C22H30N4O5. The molecule has 3 amide bonds. The fourth-order valence-electron chi connectivity index (χ4n) is 3.69. The summed E-state index contributed by atoms with van der Waals surface area (Å²) in [5.74, 6) is -1.54. The van der Waals surface area contributed by atoms with Gasteiger partial charge in [0.05, 0.1) is 0 Å². The number of nitrogens with zero attached hydrogens (tertiary/aromatic N) is 2. The molecular weight excluding hydrogens is 400 g/mol. The van der Waals surface area contributed by atoms with E-state index in [1.807, 2.05) is 24.3 Å². The van der Waals surface area contributed by atoms with Gasteiger partial charge in [-0.05, 0) is 32.4 Å². The number of amides is 3. The number of rotatable bonds is 4. The Kier molecular flexibility index (Phi) is 6.42. The van der Waals surface area contributed by atoms with E-state index in [1.165, 1.54) is 4.90 Å². The van der Waals surface area contributed by atoms with Crippen molar-refractivity contribution in [3.05, 3.63) is 36.0 Å². The Labute approximate surface area is 181 Å². The van der Waals surface area contributed by atoms with E-state index in [-0.39, 0.29) is 0 Å². The molecule has 1 aromatic heterocycles. The number of para-hydroxylation sites is 1. The molecule has 0 spiro atoms. The Morgan fingerprint density at radius 3 is 2.32 bits per heavy atom. The number of benzene rings is 1. The van der Waals surface area contributed by atoms with Crippen LogP contribution in [-0.2, 0) is 9.53 Å². The first-order valence-electron chi connectivity index (χ1n) is 10.4. The van der Waals surface area contributed by atoms with Crippen LogP contribution in [0.3, 0.4) is 0 Å². The number of aliphatic carboxylic acids is 1. The molecule has 1 aliphatic heterocycles. The lowest BCUT2D eigenvalue weighted by Crippen LogP contribution is -2.56. The smallest absolute Gasteiger partial charge is 0.410 e. The highest BCUT2D eigenvalue weighted by atomic mass is 16.6. The average molecular weight is 431 g/mol. The number of ether oxygens (including phenoxy) is 1. The Bertz CT molecular complexity index is 956. The Morgan fingerprint density at radius 1 is 1.10 bits per heavy atom. The standard InChI is InChI=1S/C22H30N4O5/c1-14(16-13-23-17-8-6-5-7-15(16)17)18(19(27)28)24-20(29)25-9-11-26(12-10-25)21(30)31-22(2,3)4/h5-8,13-14,18,23H,9-12H2,1-4H3,(H,24,29)(H,27,28)/t14-,18+/m0/s1. The van der Waals surface area contributed by atoms with Gasteiger partial charge in [-0.2, -0.15) is 0 Å². The normalized spacial score (nSPS) is 16.6. The van der Waals surface area contributed by atoms with Gasteiger partial charge in [-0.25, -0.2) is 14.4 Å². The third-order valence-corrected chi connectivity index (χ3v) is 5.38. The van der Waals surface area contributed by atoms with Gasteiger partial charge in [-0.15, -0.1) is 0 Å². The minimum Gasteiger partial charge on any atom is -0.480 e. The maximum Gasteiger partial charge on any atom is 0.410 e. The van der Waals surface area contributed by atoms with Crippen molar-refractivity contribution in [2.45, 2.75) is 45.3 Å². The number of carboxylic acid groups (broad SMARTS) is 1. The van der Waals surface area contributed by atoms with Crippen LogP contribution in [0, 0.1) is 0 Å². The second-order valence-corrected chi connectivity index (χ2v) is 8.80. The molecule has 0 unspecified atom stereocenters. The number of carboxylic acids is 1. The van der Waals surface area contributed by atoms with Gasteiger partial charge in [0.1, 0.15) is 11.6 Å². The summed E-state index contributed by atoms with van der Waals surface area (Å²) in [6.45, 7) is 8.46. The summed E-state index contributed by atoms with van der Waals surface area (Å²) < 4.78 is 5.36. The number of carbonyl (C=O) groups is 3.